The molecule has 5 heteroatoms. The Bertz CT molecular complexity index is 109. The van der Waals surface area contributed by atoms with Gasteiger partial charge in [0.25, 0.3) is 0 Å². The summed E-state index contributed by atoms with van der Waals surface area (Å²) >= 11 is 0. The molecular formula is C8H18O5. The fraction of sp³-hybridized carbons (Fsp3) is 1.00. The van der Waals surface area contributed by atoms with Crippen LogP contribution in [0, 0.1) is 0 Å². The molecule has 0 saturated heterocycles. The van der Waals surface area contributed by atoms with E-state index in [1.165, 1.54) is 0 Å². The fourth-order valence-corrected chi connectivity index (χ4v) is 0.758. The van der Waals surface area contributed by atoms with Crippen molar-refractivity contribution in [3.8, 4) is 0 Å². The second-order valence-corrected chi connectivity index (χ2v) is 2.69. The zero-order valence-electron chi connectivity index (χ0n) is 8.10. The minimum Gasteiger partial charge on any atom is -0.394 e. The number of methoxy groups -OCH3 is 2. The van der Waals surface area contributed by atoms with E-state index in [-0.39, 0.29) is 19.3 Å². The van der Waals surface area contributed by atoms with Crippen LogP contribution in [0.5, 0.6) is 0 Å². The number of ether oxygens (including phenoxy) is 3. The maximum atomic E-state index is 8.93. The number of aliphatic hydroxyl groups is 2. The van der Waals surface area contributed by atoms with E-state index < -0.39 is 6.10 Å². The van der Waals surface area contributed by atoms with E-state index in [2.05, 4.69) is 0 Å². The van der Waals surface area contributed by atoms with Crippen LogP contribution in [-0.2, 0) is 14.2 Å². The fourth-order valence-electron chi connectivity index (χ4n) is 0.758. The third kappa shape index (κ3) is 6.92. The van der Waals surface area contributed by atoms with Crippen molar-refractivity contribution in [2.24, 2.45) is 0 Å². The van der Waals surface area contributed by atoms with Gasteiger partial charge in [-0.3, -0.25) is 0 Å². The van der Waals surface area contributed by atoms with Crippen LogP contribution in [0.3, 0.4) is 0 Å². The van der Waals surface area contributed by atoms with E-state index in [9.17, 15) is 0 Å². The number of aliphatic hydroxyl groups excluding tert-OH is 2. The van der Waals surface area contributed by atoms with Gasteiger partial charge < -0.3 is 24.4 Å². The number of rotatable bonds is 8. The summed E-state index contributed by atoms with van der Waals surface area (Å²) in [6.07, 6.45) is -0.948. The SMILES string of the molecule is COCC(COCC(O)CO)OC. The van der Waals surface area contributed by atoms with Crippen LogP contribution in [0.15, 0.2) is 0 Å². The Morgan fingerprint density at radius 2 is 1.85 bits per heavy atom. The molecule has 0 aliphatic carbocycles. The zero-order chi connectivity index (χ0) is 10.1. The molecule has 80 valence electrons. The Balaban J connectivity index is 3.37. The summed E-state index contributed by atoms with van der Waals surface area (Å²) < 4.78 is 15.0. The van der Waals surface area contributed by atoms with Gasteiger partial charge in [-0.2, -0.15) is 0 Å². The number of hydrogen-bond acceptors (Lipinski definition) is 5. The molecule has 0 spiro atoms. The van der Waals surface area contributed by atoms with E-state index in [4.69, 9.17) is 24.4 Å². The quantitative estimate of drug-likeness (QED) is 0.519. The highest BCUT2D eigenvalue weighted by atomic mass is 16.6. The first-order chi connectivity index (χ1) is 6.24. The van der Waals surface area contributed by atoms with Gasteiger partial charge in [-0.15, -0.1) is 0 Å². The molecule has 0 bridgehead atoms. The molecule has 0 aromatic carbocycles. The van der Waals surface area contributed by atoms with Crippen LogP contribution in [0.2, 0.25) is 0 Å². The van der Waals surface area contributed by atoms with Crippen LogP contribution in [0.25, 0.3) is 0 Å². The van der Waals surface area contributed by atoms with E-state index in [1.807, 2.05) is 0 Å². The standard InChI is InChI=1S/C8H18O5/c1-11-5-8(12-2)6-13-4-7(10)3-9/h7-10H,3-6H2,1-2H3. The Morgan fingerprint density at radius 3 is 2.31 bits per heavy atom. The summed E-state index contributed by atoms with van der Waals surface area (Å²) in [5, 5.41) is 17.4. The molecule has 5 nitrogen and oxygen atoms in total. The van der Waals surface area contributed by atoms with Crippen molar-refractivity contribution in [1.29, 1.82) is 0 Å². The van der Waals surface area contributed by atoms with E-state index in [1.54, 1.807) is 14.2 Å². The highest BCUT2D eigenvalue weighted by Crippen LogP contribution is 1.93. The van der Waals surface area contributed by atoms with Crippen LogP contribution in [0.4, 0.5) is 0 Å². The summed E-state index contributed by atoms with van der Waals surface area (Å²) in [6.45, 7) is 0.620. The molecule has 0 radical (unpaired) electrons. The van der Waals surface area contributed by atoms with Crippen molar-refractivity contribution in [1.82, 2.24) is 0 Å². The topological polar surface area (TPSA) is 68.2 Å². The molecule has 2 atom stereocenters. The highest BCUT2D eigenvalue weighted by Gasteiger charge is 2.08. The summed E-state index contributed by atoms with van der Waals surface area (Å²) in [4.78, 5) is 0. The van der Waals surface area contributed by atoms with Gasteiger partial charge in [0.2, 0.25) is 0 Å². The Labute approximate surface area is 78.2 Å². The first-order valence-electron chi connectivity index (χ1n) is 4.13. The first-order valence-corrected chi connectivity index (χ1v) is 4.13. The largest absolute Gasteiger partial charge is 0.394 e. The minimum absolute atomic E-state index is 0.111. The normalized spacial score (nSPS) is 15.7. The summed E-state index contributed by atoms with van der Waals surface area (Å²) in [5.74, 6) is 0. The molecule has 13 heavy (non-hydrogen) atoms. The van der Waals surface area contributed by atoms with Crippen molar-refractivity contribution in [2.75, 3.05) is 40.6 Å². The van der Waals surface area contributed by atoms with Crippen molar-refractivity contribution < 1.29 is 24.4 Å². The lowest BCUT2D eigenvalue weighted by molar-refractivity contribution is -0.0560. The number of hydrogen-bond donors (Lipinski definition) is 2. The Hall–Kier alpha value is -0.200. The van der Waals surface area contributed by atoms with Gasteiger partial charge >= 0.3 is 0 Å². The maximum Gasteiger partial charge on any atom is 0.104 e. The maximum absolute atomic E-state index is 8.93. The third-order valence-corrected chi connectivity index (χ3v) is 1.51. The monoisotopic (exact) mass is 194 g/mol. The lowest BCUT2D eigenvalue weighted by Crippen LogP contribution is -2.27. The van der Waals surface area contributed by atoms with Crippen LogP contribution < -0.4 is 0 Å². The van der Waals surface area contributed by atoms with E-state index >= 15 is 0 Å². The van der Waals surface area contributed by atoms with Gasteiger partial charge in [0.1, 0.15) is 12.2 Å². The van der Waals surface area contributed by atoms with Crippen molar-refractivity contribution in [3.63, 3.8) is 0 Å². The molecule has 0 aliphatic rings. The van der Waals surface area contributed by atoms with Crippen LogP contribution in [0.1, 0.15) is 0 Å². The zero-order valence-corrected chi connectivity index (χ0v) is 8.10. The molecular weight excluding hydrogens is 176 g/mol. The molecule has 0 aromatic rings. The summed E-state index contributed by atoms with van der Waals surface area (Å²) in [5.41, 5.74) is 0. The summed E-state index contributed by atoms with van der Waals surface area (Å²) in [7, 11) is 3.14. The van der Waals surface area contributed by atoms with Crippen molar-refractivity contribution in [3.05, 3.63) is 0 Å². The molecule has 0 fully saturated rings. The van der Waals surface area contributed by atoms with Crippen LogP contribution in [-0.4, -0.2) is 63.1 Å². The molecule has 0 amide bonds. The van der Waals surface area contributed by atoms with Gasteiger partial charge in [-0.25, -0.2) is 0 Å². The van der Waals surface area contributed by atoms with Gasteiger partial charge in [-0.05, 0) is 0 Å². The third-order valence-electron chi connectivity index (χ3n) is 1.51. The van der Waals surface area contributed by atoms with Crippen LogP contribution >= 0.6 is 0 Å². The predicted molar refractivity (Wildman–Crippen MR) is 46.6 cm³/mol. The van der Waals surface area contributed by atoms with Crippen molar-refractivity contribution in [2.45, 2.75) is 12.2 Å². The van der Waals surface area contributed by atoms with Gasteiger partial charge in [0, 0.05) is 14.2 Å². The van der Waals surface area contributed by atoms with Gasteiger partial charge in [-0.1, -0.05) is 0 Å². The first kappa shape index (κ1) is 12.8. The van der Waals surface area contributed by atoms with Crippen molar-refractivity contribution >= 4 is 0 Å². The molecule has 0 heterocycles. The highest BCUT2D eigenvalue weighted by molar-refractivity contribution is 4.55. The van der Waals surface area contributed by atoms with Gasteiger partial charge in [0.05, 0.1) is 26.4 Å². The summed E-state index contributed by atoms with van der Waals surface area (Å²) in [6, 6.07) is 0. The van der Waals surface area contributed by atoms with E-state index in [0.29, 0.717) is 13.2 Å². The average molecular weight is 194 g/mol. The second kappa shape index (κ2) is 8.40. The average Bonchev–Trinajstić information content (AvgIpc) is 2.16. The molecule has 0 rings (SSSR count). The smallest absolute Gasteiger partial charge is 0.104 e. The molecule has 2 unspecified atom stereocenters. The molecule has 0 saturated carbocycles. The Kier molecular flexibility index (Phi) is 8.27. The minimum atomic E-state index is -0.819. The van der Waals surface area contributed by atoms with E-state index in [0.717, 1.165) is 0 Å². The lowest BCUT2D eigenvalue weighted by atomic mass is 10.4. The predicted octanol–water partition coefficient (Wildman–Crippen LogP) is -0.982. The Morgan fingerprint density at radius 1 is 1.15 bits per heavy atom. The molecule has 2 N–H and O–H groups in total. The lowest BCUT2D eigenvalue weighted by Gasteiger charge is -2.15. The molecule has 0 aromatic heterocycles. The second-order valence-electron chi connectivity index (χ2n) is 2.69. The van der Waals surface area contributed by atoms with Gasteiger partial charge in [0.15, 0.2) is 0 Å². The molecule has 0 aliphatic heterocycles.